The van der Waals surface area contributed by atoms with E-state index in [4.69, 9.17) is 8.83 Å². The molecule has 0 saturated carbocycles. The van der Waals surface area contributed by atoms with Crippen LogP contribution in [-0.2, 0) is 0 Å². The van der Waals surface area contributed by atoms with Gasteiger partial charge in [0.15, 0.2) is 5.58 Å². The smallest absolute Gasteiger partial charge is 0.159 e. The summed E-state index contributed by atoms with van der Waals surface area (Å²) in [6, 6.07) is 75.6. The topological polar surface area (TPSA) is 29.5 Å². The van der Waals surface area contributed by atoms with E-state index in [9.17, 15) is 0 Å². The molecule has 3 heteroatoms. The molecule has 12 aromatic rings. The van der Waals surface area contributed by atoms with Crippen molar-refractivity contribution in [2.75, 3.05) is 4.90 Å². The molecule has 0 atom stereocenters. The first-order valence-corrected chi connectivity index (χ1v) is 20.1. The van der Waals surface area contributed by atoms with E-state index < -0.39 is 0 Å². The zero-order chi connectivity index (χ0) is 38.9. The van der Waals surface area contributed by atoms with E-state index in [1.807, 2.05) is 12.1 Å². The van der Waals surface area contributed by atoms with Crippen LogP contribution in [0.4, 0.5) is 17.1 Å². The Morgan fingerprint density at radius 1 is 0.288 bits per heavy atom. The molecule has 0 unspecified atom stereocenters. The Balaban J connectivity index is 1.04. The van der Waals surface area contributed by atoms with Crippen molar-refractivity contribution in [2.24, 2.45) is 0 Å². The van der Waals surface area contributed by atoms with Gasteiger partial charge in [0.25, 0.3) is 0 Å². The van der Waals surface area contributed by atoms with Gasteiger partial charge in [0.1, 0.15) is 16.7 Å². The molecule has 0 bridgehead atoms. The number of anilines is 3. The van der Waals surface area contributed by atoms with Gasteiger partial charge in [-0.2, -0.15) is 0 Å². The fraction of sp³-hybridized carbons (Fsp3) is 0. The molecule has 276 valence electrons. The third-order valence-electron chi connectivity index (χ3n) is 11.9. The van der Waals surface area contributed by atoms with Crippen molar-refractivity contribution in [1.29, 1.82) is 0 Å². The monoisotopic (exact) mass is 753 g/mol. The molecular weight excluding hydrogens is 719 g/mol. The summed E-state index contributed by atoms with van der Waals surface area (Å²) in [5.74, 6) is 0. The first-order chi connectivity index (χ1) is 29.3. The molecule has 0 aliphatic rings. The average Bonchev–Trinajstić information content (AvgIpc) is 3.89. The van der Waals surface area contributed by atoms with Crippen LogP contribution in [0.15, 0.2) is 221 Å². The van der Waals surface area contributed by atoms with Gasteiger partial charge in [-0.15, -0.1) is 0 Å². The van der Waals surface area contributed by atoms with Crippen LogP contribution in [0.5, 0.6) is 0 Å². The van der Waals surface area contributed by atoms with E-state index in [0.29, 0.717) is 0 Å². The Morgan fingerprint density at radius 2 is 0.864 bits per heavy atom. The summed E-state index contributed by atoms with van der Waals surface area (Å²) in [6.07, 6.45) is 0. The first-order valence-electron chi connectivity index (χ1n) is 20.1. The second kappa shape index (κ2) is 13.4. The van der Waals surface area contributed by atoms with Crippen LogP contribution in [0.3, 0.4) is 0 Å². The average molecular weight is 754 g/mol. The van der Waals surface area contributed by atoms with E-state index in [-0.39, 0.29) is 0 Å². The van der Waals surface area contributed by atoms with Crippen molar-refractivity contribution < 1.29 is 8.83 Å². The summed E-state index contributed by atoms with van der Waals surface area (Å²) < 4.78 is 13.6. The second-order valence-corrected chi connectivity index (χ2v) is 15.2. The first kappa shape index (κ1) is 33.3. The molecular formula is C56H35NO2. The third-order valence-corrected chi connectivity index (χ3v) is 11.9. The lowest BCUT2D eigenvalue weighted by molar-refractivity contribution is 0.669. The van der Waals surface area contributed by atoms with Crippen molar-refractivity contribution >= 4 is 82.5 Å². The van der Waals surface area contributed by atoms with Gasteiger partial charge in [-0.3, -0.25) is 0 Å². The van der Waals surface area contributed by atoms with Crippen molar-refractivity contribution in [3.63, 3.8) is 0 Å². The molecule has 0 amide bonds. The number of hydrogen-bond acceptors (Lipinski definition) is 3. The molecule has 0 N–H and O–H groups in total. The molecule has 0 fully saturated rings. The number of fused-ring (bicyclic) bond motifs is 9. The standard InChI is InChI=1S/C56H35NO2/c1-3-18-42-37(13-1)15-10-22-43(42)40-17-9-16-39(35-40)36-29-32-41(33-30-36)57(52-27-12-25-48-46-21-6-8-28-53(46)58-56(48)52)51-26-7-5-20-45(51)47-23-11-24-49-50-34-31-38-14-2-4-19-44(38)54(50)59-55(47)49/h1-35H. The minimum absolute atomic E-state index is 0.837. The van der Waals surface area contributed by atoms with Crippen LogP contribution < -0.4 is 4.90 Å². The molecule has 10 aromatic carbocycles. The lowest BCUT2D eigenvalue weighted by Gasteiger charge is -2.28. The zero-order valence-electron chi connectivity index (χ0n) is 32.0. The molecule has 2 heterocycles. The van der Waals surface area contributed by atoms with E-state index in [1.165, 1.54) is 21.9 Å². The molecule has 12 rings (SSSR count). The van der Waals surface area contributed by atoms with Gasteiger partial charge in [-0.05, 0) is 80.9 Å². The quantitative estimate of drug-likeness (QED) is 0.169. The Hall–Kier alpha value is -7.88. The van der Waals surface area contributed by atoms with Gasteiger partial charge in [0.2, 0.25) is 0 Å². The maximum absolute atomic E-state index is 6.90. The maximum Gasteiger partial charge on any atom is 0.159 e. The van der Waals surface area contributed by atoms with Crippen molar-refractivity contribution in [3.8, 4) is 33.4 Å². The van der Waals surface area contributed by atoms with Crippen LogP contribution in [0.1, 0.15) is 0 Å². The van der Waals surface area contributed by atoms with Gasteiger partial charge in [-0.1, -0.05) is 170 Å². The maximum atomic E-state index is 6.90. The summed E-state index contributed by atoms with van der Waals surface area (Å²) >= 11 is 0. The normalized spacial score (nSPS) is 11.7. The van der Waals surface area contributed by atoms with E-state index >= 15 is 0 Å². The highest BCUT2D eigenvalue weighted by Crippen LogP contribution is 2.48. The molecule has 0 aliphatic carbocycles. The summed E-state index contributed by atoms with van der Waals surface area (Å²) in [5.41, 5.74) is 13.3. The number of hydrogen-bond donors (Lipinski definition) is 0. The number of nitrogens with zero attached hydrogens (tertiary/aromatic N) is 1. The van der Waals surface area contributed by atoms with E-state index in [1.54, 1.807) is 0 Å². The summed E-state index contributed by atoms with van der Waals surface area (Å²) in [4.78, 5) is 2.34. The van der Waals surface area contributed by atoms with Crippen molar-refractivity contribution in [3.05, 3.63) is 212 Å². The molecule has 0 aliphatic heterocycles. The second-order valence-electron chi connectivity index (χ2n) is 15.2. The predicted molar refractivity (Wildman–Crippen MR) is 247 cm³/mol. The number of furan rings is 2. The number of benzene rings is 10. The summed E-state index contributed by atoms with van der Waals surface area (Å²) in [6.45, 7) is 0. The van der Waals surface area contributed by atoms with Gasteiger partial charge in [0, 0.05) is 43.7 Å². The lowest BCUT2D eigenvalue weighted by atomic mass is 9.95. The Kier molecular flexibility index (Phi) is 7.54. The van der Waals surface area contributed by atoms with Crippen LogP contribution in [-0.4, -0.2) is 0 Å². The van der Waals surface area contributed by atoms with Crippen LogP contribution >= 0.6 is 0 Å². The Labute approximate surface area is 340 Å². The largest absolute Gasteiger partial charge is 0.455 e. The fourth-order valence-electron chi connectivity index (χ4n) is 9.10. The van der Waals surface area contributed by atoms with Crippen molar-refractivity contribution in [1.82, 2.24) is 0 Å². The molecule has 0 saturated heterocycles. The third kappa shape index (κ3) is 5.36. The summed E-state index contributed by atoms with van der Waals surface area (Å²) in [7, 11) is 0. The van der Waals surface area contributed by atoms with E-state index in [0.717, 1.165) is 94.0 Å². The number of rotatable bonds is 6. The van der Waals surface area contributed by atoms with Gasteiger partial charge in [-0.25, -0.2) is 0 Å². The Morgan fingerprint density at radius 3 is 1.75 bits per heavy atom. The molecule has 2 aromatic heterocycles. The van der Waals surface area contributed by atoms with Crippen LogP contribution in [0.25, 0.3) is 98.8 Å². The van der Waals surface area contributed by atoms with Crippen LogP contribution in [0, 0.1) is 0 Å². The Bertz CT molecular complexity index is 3570. The SMILES string of the molecule is c1cc(-c2ccc(N(c3ccccc3-c3cccc4c3oc3c5ccccc5ccc43)c3cccc4c3oc3ccccc34)cc2)cc(-c2cccc3ccccc23)c1. The molecule has 3 nitrogen and oxygen atoms in total. The molecule has 0 radical (unpaired) electrons. The van der Waals surface area contributed by atoms with Crippen molar-refractivity contribution in [2.45, 2.75) is 0 Å². The predicted octanol–water partition coefficient (Wildman–Crippen LogP) is 16.3. The number of para-hydroxylation sites is 4. The minimum Gasteiger partial charge on any atom is -0.455 e. The van der Waals surface area contributed by atoms with Gasteiger partial charge in [0.05, 0.1) is 11.4 Å². The molecule has 0 spiro atoms. The highest BCUT2D eigenvalue weighted by atomic mass is 16.3. The zero-order valence-corrected chi connectivity index (χ0v) is 32.0. The van der Waals surface area contributed by atoms with Crippen LogP contribution in [0.2, 0.25) is 0 Å². The minimum atomic E-state index is 0.837. The lowest BCUT2D eigenvalue weighted by Crippen LogP contribution is -2.11. The fourth-order valence-corrected chi connectivity index (χ4v) is 9.10. The summed E-state index contributed by atoms with van der Waals surface area (Å²) in [5, 5.41) is 9.15. The highest BCUT2D eigenvalue weighted by Gasteiger charge is 2.24. The van der Waals surface area contributed by atoms with E-state index in [2.05, 4.69) is 205 Å². The van der Waals surface area contributed by atoms with Gasteiger partial charge < -0.3 is 13.7 Å². The molecule has 59 heavy (non-hydrogen) atoms. The highest BCUT2D eigenvalue weighted by molar-refractivity contribution is 6.18. The van der Waals surface area contributed by atoms with Gasteiger partial charge >= 0.3 is 0 Å².